The average Bonchev–Trinajstić information content (AvgIpc) is 2.84. The molecule has 1 amide bonds. The van der Waals surface area contributed by atoms with Crippen LogP contribution in [-0.4, -0.2) is 31.5 Å². The second-order valence-corrected chi connectivity index (χ2v) is 4.65. The highest BCUT2D eigenvalue weighted by molar-refractivity contribution is 5.94. The third-order valence-corrected chi connectivity index (χ3v) is 3.17. The van der Waals surface area contributed by atoms with E-state index in [1.807, 2.05) is 6.92 Å². The monoisotopic (exact) mass is 267 g/mol. The van der Waals surface area contributed by atoms with Crippen LogP contribution in [0, 0.1) is 5.82 Å². The third-order valence-electron chi connectivity index (χ3n) is 3.17. The molecule has 0 radical (unpaired) electrons. The Bertz CT molecular complexity index is 470. The molecule has 2 rings (SSSR count). The van der Waals surface area contributed by atoms with Crippen LogP contribution >= 0.6 is 0 Å². The lowest BCUT2D eigenvalue weighted by Gasteiger charge is -2.22. The van der Waals surface area contributed by atoms with Crippen LogP contribution in [0.25, 0.3) is 0 Å². The lowest BCUT2D eigenvalue weighted by molar-refractivity contribution is -0.136. The summed E-state index contributed by atoms with van der Waals surface area (Å²) in [5.74, 6) is -1.72. The number of carbonyl (C=O) groups is 1. The fourth-order valence-electron chi connectivity index (χ4n) is 2.02. The molecule has 1 fully saturated rings. The molecule has 1 saturated heterocycles. The van der Waals surface area contributed by atoms with Crippen molar-refractivity contribution in [1.29, 1.82) is 0 Å². The van der Waals surface area contributed by atoms with Crippen molar-refractivity contribution in [1.82, 2.24) is 5.32 Å². The van der Waals surface area contributed by atoms with Gasteiger partial charge in [0.05, 0.1) is 25.3 Å². The third kappa shape index (κ3) is 3.11. The zero-order chi connectivity index (χ0) is 13.9. The minimum Gasteiger partial charge on any atom is -0.347 e. The van der Waals surface area contributed by atoms with Gasteiger partial charge in [0.15, 0.2) is 5.79 Å². The topological polar surface area (TPSA) is 47.6 Å². The second kappa shape index (κ2) is 5.67. The first-order valence-corrected chi connectivity index (χ1v) is 6.39. The van der Waals surface area contributed by atoms with Crippen LogP contribution in [0.4, 0.5) is 4.39 Å². The molecule has 0 bridgehead atoms. The Morgan fingerprint density at radius 3 is 2.74 bits per heavy atom. The maximum Gasteiger partial charge on any atom is 0.254 e. The normalized spacial score (nSPS) is 17.4. The fourth-order valence-corrected chi connectivity index (χ4v) is 2.02. The summed E-state index contributed by atoms with van der Waals surface area (Å²) in [6, 6.07) is 4.83. The number of ether oxygens (including phenoxy) is 2. The van der Waals surface area contributed by atoms with E-state index in [0.29, 0.717) is 25.2 Å². The highest BCUT2D eigenvalue weighted by Gasteiger charge is 2.31. The Morgan fingerprint density at radius 2 is 2.11 bits per heavy atom. The minimum atomic E-state index is -0.811. The molecule has 1 aromatic rings. The van der Waals surface area contributed by atoms with E-state index in [-0.39, 0.29) is 12.1 Å². The fraction of sp³-hybridized carbons (Fsp3) is 0.500. The molecule has 1 N–H and O–H groups in total. The van der Waals surface area contributed by atoms with Crippen molar-refractivity contribution in [3.63, 3.8) is 0 Å². The van der Waals surface area contributed by atoms with E-state index in [1.165, 1.54) is 6.07 Å². The van der Waals surface area contributed by atoms with Crippen molar-refractivity contribution in [2.45, 2.75) is 26.1 Å². The summed E-state index contributed by atoms with van der Waals surface area (Å²) in [7, 11) is 0. The van der Waals surface area contributed by atoms with E-state index in [2.05, 4.69) is 5.32 Å². The molecule has 0 saturated carbocycles. The number of benzene rings is 1. The van der Waals surface area contributed by atoms with Crippen molar-refractivity contribution < 1.29 is 18.7 Å². The molecule has 104 valence electrons. The van der Waals surface area contributed by atoms with Crippen molar-refractivity contribution in [2.24, 2.45) is 0 Å². The van der Waals surface area contributed by atoms with Gasteiger partial charge in [0.1, 0.15) is 5.82 Å². The molecule has 0 aliphatic carbocycles. The lowest BCUT2D eigenvalue weighted by Crippen LogP contribution is -2.41. The number of hydrogen-bond acceptors (Lipinski definition) is 3. The minimum absolute atomic E-state index is 0.0564. The summed E-state index contributed by atoms with van der Waals surface area (Å²) in [6.07, 6.45) is 0.552. The average molecular weight is 267 g/mol. The summed E-state index contributed by atoms with van der Waals surface area (Å²) in [6.45, 7) is 4.81. The van der Waals surface area contributed by atoms with E-state index in [0.717, 1.165) is 0 Å². The summed E-state index contributed by atoms with van der Waals surface area (Å²) >= 11 is 0. The van der Waals surface area contributed by atoms with Gasteiger partial charge in [0.25, 0.3) is 5.91 Å². The van der Waals surface area contributed by atoms with Crippen LogP contribution in [0.15, 0.2) is 18.2 Å². The quantitative estimate of drug-likeness (QED) is 0.906. The number of hydrogen-bond donors (Lipinski definition) is 1. The molecule has 0 unspecified atom stereocenters. The number of carbonyl (C=O) groups excluding carboxylic acids is 1. The Morgan fingerprint density at radius 1 is 1.42 bits per heavy atom. The smallest absolute Gasteiger partial charge is 0.254 e. The summed E-state index contributed by atoms with van der Waals surface area (Å²) in [4.78, 5) is 12.0. The molecule has 1 aliphatic rings. The van der Waals surface area contributed by atoms with Crippen molar-refractivity contribution >= 4 is 5.91 Å². The van der Waals surface area contributed by atoms with Gasteiger partial charge in [-0.05, 0) is 25.0 Å². The van der Waals surface area contributed by atoms with Gasteiger partial charge in [-0.3, -0.25) is 4.79 Å². The first kappa shape index (κ1) is 14.0. The van der Waals surface area contributed by atoms with Crippen LogP contribution in [0.1, 0.15) is 29.8 Å². The van der Waals surface area contributed by atoms with E-state index in [4.69, 9.17) is 9.47 Å². The zero-order valence-corrected chi connectivity index (χ0v) is 11.2. The molecule has 1 aromatic carbocycles. The standard InChI is InChI=1S/C14H18FNO3/c1-3-10-5-4-6-11(12(10)15)13(17)16-9-14(2)18-7-8-19-14/h4-6H,3,7-9H2,1-2H3,(H,16,17). The zero-order valence-electron chi connectivity index (χ0n) is 11.2. The Balaban J connectivity index is 2.04. The van der Waals surface area contributed by atoms with E-state index >= 15 is 0 Å². The highest BCUT2D eigenvalue weighted by Crippen LogP contribution is 2.18. The largest absolute Gasteiger partial charge is 0.347 e. The SMILES string of the molecule is CCc1cccc(C(=O)NCC2(C)OCCO2)c1F. The maximum atomic E-state index is 14.0. The van der Waals surface area contributed by atoms with Crippen LogP contribution in [-0.2, 0) is 15.9 Å². The molecule has 0 spiro atoms. The van der Waals surface area contributed by atoms with E-state index < -0.39 is 17.5 Å². The molecule has 1 heterocycles. The van der Waals surface area contributed by atoms with Crippen LogP contribution in [0.2, 0.25) is 0 Å². The number of rotatable bonds is 4. The number of nitrogens with one attached hydrogen (secondary N) is 1. The van der Waals surface area contributed by atoms with E-state index in [1.54, 1.807) is 19.1 Å². The van der Waals surface area contributed by atoms with Gasteiger partial charge in [-0.2, -0.15) is 0 Å². The number of halogens is 1. The van der Waals surface area contributed by atoms with Gasteiger partial charge in [-0.15, -0.1) is 0 Å². The van der Waals surface area contributed by atoms with Gasteiger partial charge in [-0.1, -0.05) is 19.1 Å². The molecule has 0 aromatic heterocycles. The van der Waals surface area contributed by atoms with Crippen LogP contribution in [0.3, 0.4) is 0 Å². The summed E-state index contributed by atoms with van der Waals surface area (Å²) in [5.41, 5.74) is 0.591. The summed E-state index contributed by atoms with van der Waals surface area (Å²) < 4.78 is 24.7. The maximum absolute atomic E-state index is 14.0. The Labute approximate surface area is 111 Å². The second-order valence-electron chi connectivity index (χ2n) is 4.65. The van der Waals surface area contributed by atoms with Gasteiger partial charge in [0, 0.05) is 0 Å². The van der Waals surface area contributed by atoms with Gasteiger partial charge < -0.3 is 14.8 Å². The van der Waals surface area contributed by atoms with Gasteiger partial charge in [-0.25, -0.2) is 4.39 Å². The predicted octanol–water partition coefficient (Wildman–Crippen LogP) is 1.88. The van der Waals surface area contributed by atoms with E-state index in [9.17, 15) is 9.18 Å². The molecular formula is C14H18FNO3. The van der Waals surface area contributed by atoms with Crippen molar-refractivity contribution in [3.8, 4) is 0 Å². The first-order chi connectivity index (χ1) is 9.06. The highest BCUT2D eigenvalue weighted by atomic mass is 19.1. The molecule has 19 heavy (non-hydrogen) atoms. The molecule has 5 heteroatoms. The lowest BCUT2D eigenvalue weighted by atomic mass is 10.1. The Kier molecular flexibility index (Phi) is 4.17. The van der Waals surface area contributed by atoms with Crippen LogP contribution < -0.4 is 5.32 Å². The number of aryl methyl sites for hydroxylation is 1. The molecule has 4 nitrogen and oxygen atoms in total. The van der Waals surface area contributed by atoms with Crippen LogP contribution in [0.5, 0.6) is 0 Å². The first-order valence-electron chi connectivity index (χ1n) is 6.39. The molecular weight excluding hydrogens is 249 g/mol. The molecule has 0 atom stereocenters. The van der Waals surface area contributed by atoms with Crippen molar-refractivity contribution in [2.75, 3.05) is 19.8 Å². The van der Waals surface area contributed by atoms with Gasteiger partial charge >= 0.3 is 0 Å². The molecule has 1 aliphatic heterocycles. The predicted molar refractivity (Wildman–Crippen MR) is 68.4 cm³/mol. The summed E-state index contributed by atoms with van der Waals surface area (Å²) in [5, 5.41) is 2.64. The Hall–Kier alpha value is -1.46. The van der Waals surface area contributed by atoms with Crippen molar-refractivity contribution in [3.05, 3.63) is 35.1 Å². The number of amides is 1. The van der Waals surface area contributed by atoms with Gasteiger partial charge in [0.2, 0.25) is 0 Å².